The summed E-state index contributed by atoms with van der Waals surface area (Å²) in [5.41, 5.74) is 6.14. The highest BCUT2D eigenvalue weighted by Crippen LogP contribution is 2.41. The van der Waals surface area contributed by atoms with Crippen LogP contribution in [-0.4, -0.2) is 130 Å². The number of imide groups is 1. The number of anilines is 7. The average molecular weight is 966 g/mol. The van der Waals surface area contributed by atoms with E-state index in [0.29, 0.717) is 65.2 Å². The van der Waals surface area contributed by atoms with Crippen molar-refractivity contribution in [3.63, 3.8) is 0 Å². The van der Waals surface area contributed by atoms with Gasteiger partial charge in [-0.05, 0) is 106 Å². The molecule has 19 heteroatoms. The number of nitrogens with zero attached hydrogens (tertiary/aromatic N) is 7. The molecule has 69 heavy (non-hydrogen) atoms. The zero-order valence-corrected chi connectivity index (χ0v) is 40.3. The third-order valence-corrected chi connectivity index (χ3v) is 16.2. The molecule has 366 valence electrons. The normalized spacial score (nSPS) is 20.1. The minimum atomic E-state index is -3.46. The number of hydrogen-bond acceptors (Lipinski definition) is 13. The van der Waals surface area contributed by atoms with Crippen LogP contribution in [0.25, 0.3) is 11.0 Å². The fourth-order valence-electron chi connectivity index (χ4n) is 11.2. The predicted molar refractivity (Wildman–Crippen MR) is 265 cm³/mol. The van der Waals surface area contributed by atoms with Gasteiger partial charge in [-0.25, -0.2) is 17.2 Å². The molecule has 16 nitrogen and oxygen atoms in total. The Morgan fingerprint density at radius 1 is 0.826 bits per heavy atom. The van der Waals surface area contributed by atoms with Gasteiger partial charge in [0.05, 0.1) is 41.7 Å². The molecule has 2 aromatic heterocycles. The summed E-state index contributed by atoms with van der Waals surface area (Å²) in [5, 5.41) is 9.81. The average Bonchev–Trinajstić information content (AvgIpc) is 4.01. The number of H-pyrrole nitrogens is 1. The summed E-state index contributed by atoms with van der Waals surface area (Å²) < 4.78 is 63.2. The first-order chi connectivity index (χ1) is 33.3. The first-order valence-electron chi connectivity index (χ1n) is 24.3. The smallest absolute Gasteiger partial charge is 0.234 e. The molecule has 4 N–H and O–H groups in total. The SMILES string of the molecule is COc1cc(N2CCC(N3CCN(CCC4CCN(c5cc(F)c(C6CCC(=O)NC6=O)c(F)c5)CC4)CC3)CC2)c(C)cc1Nc1nc(Nc2cccc3c2N(S(C)(=O)=O)CC3)c2cc[nH]c2n1. The zero-order chi connectivity index (χ0) is 48.0. The number of aromatic amines is 1. The molecule has 0 aliphatic carbocycles. The standard InChI is InChI=1S/C50H61F2N11O5S/c1-31-27-41(55-50-57-47-37(9-16-53-47)48(58-50)54-40-6-4-5-33-13-22-63(46(33)40)69(3,66)67)43(68-2)30-42(31)62-20-14-34(15-21-62)61-25-23-59(24-26-61)17-10-32-11-18-60(19-12-32)35-28-38(51)45(39(52)29-35)36-7-8-44(64)56-49(36)65/h4-6,9,16,27-30,32,34,36H,7-8,10-15,17-26H2,1-3H3,(H,56,64,65)(H3,53,54,55,57,58). The number of nitrogens with one attached hydrogen (secondary N) is 4. The number of amides is 2. The molecule has 1 unspecified atom stereocenters. The van der Waals surface area contributed by atoms with Gasteiger partial charge in [-0.3, -0.25) is 24.1 Å². The van der Waals surface area contributed by atoms with Crippen LogP contribution in [0, 0.1) is 24.5 Å². The van der Waals surface area contributed by atoms with Crippen LogP contribution in [-0.2, 0) is 26.0 Å². The molecule has 5 aromatic rings. The monoisotopic (exact) mass is 965 g/mol. The fraction of sp³-hybridized carbons (Fsp3) is 0.480. The molecule has 3 aromatic carbocycles. The number of halogens is 2. The van der Waals surface area contributed by atoms with Crippen LogP contribution >= 0.6 is 0 Å². The quantitative estimate of drug-likeness (QED) is 0.0913. The summed E-state index contributed by atoms with van der Waals surface area (Å²) in [6, 6.07) is 15.1. The number of carbonyl (C=O) groups is 2. The number of carbonyl (C=O) groups excluding carboxylic acids is 2. The number of para-hydroxylation sites is 1. The highest BCUT2D eigenvalue weighted by atomic mass is 32.2. The number of sulfonamides is 1. The Hall–Kier alpha value is -6.05. The molecule has 5 aliphatic heterocycles. The molecule has 4 saturated heterocycles. The van der Waals surface area contributed by atoms with Crippen molar-refractivity contribution in [2.75, 3.05) is 104 Å². The van der Waals surface area contributed by atoms with Gasteiger partial charge in [-0.15, -0.1) is 0 Å². The lowest BCUT2D eigenvalue weighted by atomic mass is 9.89. The predicted octanol–water partition coefficient (Wildman–Crippen LogP) is 6.78. The van der Waals surface area contributed by atoms with Gasteiger partial charge in [0, 0.05) is 101 Å². The third kappa shape index (κ3) is 9.77. The topological polar surface area (TPSA) is 171 Å². The van der Waals surface area contributed by atoms with E-state index in [1.807, 2.05) is 29.2 Å². The number of fused-ring (bicyclic) bond motifs is 2. The second-order valence-corrected chi connectivity index (χ2v) is 21.2. The highest BCUT2D eigenvalue weighted by molar-refractivity contribution is 7.92. The number of hydrogen-bond donors (Lipinski definition) is 4. The van der Waals surface area contributed by atoms with Crippen molar-refractivity contribution in [1.82, 2.24) is 30.1 Å². The number of rotatable bonds is 13. The molecule has 7 heterocycles. The summed E-state index contributed by atoms with van der Waals surface area (Å²) in [6.45, 7) is 11.2. The van der Waals surface area contributed by atoms with E-state index in [1.54, 1.807) is 13.3 Å². The minimum Gasteiger partial charge on any atom is -0.494 e. The number of methoxy groups -OCH3 is 1. The van der Waals surface area contributed by atoms with Gasteiger partial charge in [0.25, 0.3) is 0 Å². The van der Waals surface area contributed by atoms with Gasteiger partial charge in [0.15, 0.2) is 0 Å². The van der Waals surface area contributed by atoms with Crippen LogP contribution in [0.5, 0.6) is 5.75 Å². The number of piperidine rings is 3. The molecule has 2 amide bonds. The van der Waals surface area contributed by atoms with Crippen molar-refractivity contribution in [3.05, 3.63) is 83.1 Å². The van der Waals surface area contributed by atoms with E-state index in [0.717, 1.165) is 119 Å². The molecule has 0 bridgehead atoms. The van der Waals surface area contributed by atoms with Gasteiger partial charge in [-0.2, -0.15) is 9.97 Å². The number of piperazine rings is 1. The molecule has 10 rings (SSSR count). The molecule has 0 radical (unpaired) electrons. The van der Waals surface area contributed by atoms with Crippen LogP contribution in [0.2, 0.25) is 0 Å². The summed E-state index contributed by atoms with van der Waals surface area (Å²) in [6.07, 6.45) is 9.06. The van der Waals surface area contributed by atoms with Gasteiger partial charge in [0.2, 0.25) is 27.8 Å². The van der Waals surface area contributed by atoms with E-state index in [9.17, 15) is 18.0 Å². The van der Waals surface area contributed by atoms with Crippen molar-refractivity contribution < 1.29 is 31.5 Å². The summed E-state index contributed by atoms with van der Waals surface area (Å²) in [5.74, 6) is -1.37. The molecular weight excluding hydrogens is 905 g/mol. The Labute approximate surface area is 401 Å². The van der Waals surface area contributed by atoms with Crippen LogP contribution < -0.4 is 34.8 Å². The van der Waals surface area contributed by atoms with E-state index >= 15 is 8.78 Å². The Morgan fingerprint density at radius 2 is 1.57 bits per heavy atom. The van der Waals surface area contributed by atoms with Crippen LogP contribution in [0.1, 0.15) is 67.6 Å². The Bertz CT molecular complexity index is 2830. The number of ether oxygens (including phenoxy) is 1. The van der Waals surface area contributed by atoms with Crippen molar-refractivity contribution in [2.24, 2.45) is 5.92 Å². The minimum absolute atomic E-state index is 0.0684. The van der Waals surface area contributed by atoms with Crippen molar-refractivity contribution in [1.29, 1.82) is 0 Å². The van der Waals surface area contributed by atoms with E-state index < -0.39 is 39.4 Å². The first-order valence-corrected chi connectivity index (χ1v) is 26.1. The lowest BCUT2D eigenvalue weighted by Gasteiger charge is -2.44. The Kier molecular flexibility index (Phi) is 13.1. The lowest BCUT2D eigenvalue weighted by molar-refractivity contribution is -0.134. The van der Waals surface area contributed by atoms with Gasteiger partial charge >= 0.3 is 0 Å². The van der Waals surface area contributed by atoms with E-state index in [-0.39, 0.29) is 18.4 Å². The van der Waals surface area contributed by atoms with Crippen LogP contribution in [0.3, 0.4) is 0 Å². The highest BCUT2D eigenvalue weighted by Gasteiger charge is 2.34. The fourth-order valence-corrected chi connectivity index (χ4v) is 12.2. The molecule has 0 saturated carbocycles. The zero-order valence-electron chi connectivity index (χ0n) is 39.5. The third-order valence-electron chi connectivity index (χ3n) is 15.0. The van der Waals surface area contributed by atoms with Gasteiger partial charge in [0.1, 0.15) is 28.8 Å². The maximum absolute atomic E-state index is 15.2. The van der Waals surface area contributed by atoms with Crippen LogP contribution in [0.15, 0.2) is 54.7 Å². The van der Waals surface area contributed by atoms with E-state index in [1.165, 1.54) is 22.7 Å². The lowest BCUT2D eigenvalue weighted by Crippen LogP contribution is -2.53. The second kappa shape index (κ2) is 19.4. The maximum atomic E-state index is 15.2. The largest absolute Gasteiger partial charge is 0.494 e. The number of benzene rings is 3. The molecule has 4 fully saturated rings. The van der Waals surface area contributed by atoms with Crippen LogP contribution in [0.4, 0.5) is 49.0 Å². The maximum Gasteiger partial charge on any atom is 0.234 e. The van der Waals surface area contributed by atoms with Crippen molar-refractivity contribution >= 4 is 73.1 Å². The summed E-state index contributed by atoms with van der Waals surface area (Å²) in [7, 11) is -1.80. The second-order valence-electron chi connectivity index (χ2n) is 19.3. The van der Waals surface area contributed by atoms with Crippen molar-refractivity contribution in [2.45, 2.75) is 70.3 Å². The van der Waals surface area contributed by atoms with E-state index in [2.05, 4.69) is 54.7 Å². The number of aromatic nitrogens is 3. The molecule has 0 spiro atoms. The summed E-state index contributed by atoms with van der Waals surface area (Å²) in [4.78, 5) is 46.5. The Morgan fingerprint density at radius 3 is 2.28 bits per heavy atom. The van der Waals surface area contributed by atoms with Gasteiger partial charge < -0.3 is 35.1 Å². The molecule has 1 atom stereocenters. The van der Waals surface area contributed by atoms with Crippen molar-refractivity contribution in [3.8, 4) is 5.75 Å². The number of aryl methyl sites for hydroxylation is 1. The van der Waals surface area contributed by atoms with E-state index in [4.69, 9.17) is 14.7 Å². The first kappa shape index (κ1) is 46.7. The Balaban J connectivity index is 0.699. The molecule has 5 aliphatic rings. The molecular formula is C50H61F2N11O5S. The van der Waals surface area contributed by atoms with Gasteiger partial charge in [-0.1, -0.05) is 12.1 Å². The summed E-state index contributed by atoms with van der Waals surface area (Å²) >= 11 is 0.